The lowest BCUT2D eigenvalue weighted by molar-refractivity contribution is -0.135. The van der Waals surface area contributed by atoms with E-state index < -0.39 is 18.1 Å². The second-order valence-corrected chi connectivity index (χ2v) is 3.72. The van der Waals surface area contributed by atoms with Crippen LogP contribution in [0, 0.1) is 0 Å². The number of rotatable bonds is 2. The Labute approximate surface area is 78.5 Å². The summed E-state index contributed by atoms with van der Waals surface area (Å²) in [5.41, 5.74) is 0. The van der Waals surface area contributed by atoms with Gasteiger partial charge in [-0.15, -0.1) is 11.3 Å². The molecule has 0 spiro atoms. The molecule has 1 atom stereocenters. The van der Waals surface area contributed by atoms with Crippen LogP contribution in [0.5, 0.6) is 0 Å². The molecule has 2 heterocycles. The van der Waals surface area contributed by atoms with Crippen molar-refractivity contribution < 1.29 is 14.3 Å². The predicted molar refractivity (Wildman–Crippen MR) is 46.4 cm³/mol. The summed E-state index contributed by atoms with van der Waals surface area (Å²) in [6.45, 7) is 0. The van der Waals surface area contributed by atoms with E-state index in [1.807, 2.05) is 17.5 Å². The molecule has 1 N–H and O–H groups in total. The number of cyclic esters (lactones) is 2. The molecule has 1 fully saturated rings. The molecular formula is C8H7NO3S. The first kappa shape index (κ1) is 8.25. The molecular weight excluding hydrogens is 190 g/mol. The van der Waals surface area contributed by atoms with Gasteiger partial charge in [-0.3, -0.25) is 0 Å². The van der Waals surface area contributed by atoms with Crippen LogP contribution < -0.4 is 5.32 Å². The van der Waals surface area contributed by atoms with E-state index in [2.05, 4.69) is 10.1 Å². The molecule has 1 saturated heterocycles. The molecule has 0 radical (unpaired) electrons. The van der Waals surface area contributed by atoms with Crippen LogP contribution in [0.4, 0.5) is 4.79 Å². The quantitative estimate of drug-likeness (QED) is 0.566. The van der Waals surface area contributed by atoms with Gasteiger partial charge in [0.15, 0.2) is 0 Å². The van der Waals surface area contributed by atoms with E-state index >= 15 is 0 Å². The zero-order chi connectivity index (χ0) is 9.26. The summed E-state index contributed by atoms with van der Waals surface area (Å²) in [6, 6.07) is 3.32. The van der Waals surface area contributed by atoms with Crippen molar-refractivity contribution in [2.45, 2.75) is 12.5 Å². The summed E-state index contributed by atoms with van der Waals surface area (Å²) in [4.78, 5) is 22.7. The fraction of sp³-hybridized carbons (Fsp3) is 0.250. The summed E-state index contributed by atoms with van der Waals surface area (Å²) in [5, 5.41) is 4.37. The Morgan fingerprint density at radius 3 is 2.92 bits per heavy atom. The van der Waals surface area contributed by atoms with Crippen molar-refractivity contribution in [1.29, 1.82) is 0 Å². The third-order valence-electron chi connectivity index (χ3n) is 1.76. The summed E-state index contributed by atoms with van der Waals surface area (Å²) in [6.07, 6.45) is -0.131. The van der Waals surface area contributed by atoms with Crippen molar-refractivity contribution in [3.8, 4) is 0 Å². The van der Waals surface area contributed by atoms with Gasteiger partial charge in [-0.25, -0.2) is 9.59 Å². The van der Waals surface area contributed by atoms with Gasteiger partial charge in [0.2, 0.25) is 0 Å². The highest BCUT2D eigenvalue weighted by Gasteiger charge is 2.32. The van der Waals surface area contributed by atoms with Gasteiger partial charge in [-0.05, 0) is 11.4 Å². The monoisotopic (exact) mass is 197 g/mol. The zero-order valence-electron chi connectivity index (χ0n) is 6.65. The second-order valence-electron chi connectivity index (χ2n) is 2.69. The van der Waals surface area contributed by atoms with E-state index in [9.17, 15) is 9.59 Å². The highest BCUT2D eigenvalue weighted by Crippen LogP contribution is 2.13. The van der Waals surface area contributed by atoms with Crippen molar-refractivity contribution in [1.82, 2.24) is 5.32 Å². The Kier molecular flexibility index (Phi) is 2.02. The number of amides is 1. The molecule has 0 aliphatic carbocycles. The highest BCUT2D eigenvalue weighted by molar-refractivity contribution is 7.09. The first-order valence-electron chi connectivity index (χ1n) is 3.80. The molecule has 2 rings (SSSR count). The number of esters is 1. The van der Waals surface area contributed by atoms with E-state index in [0.29, 0.717) is 6.42 Å². The molecule has 1 aliphatic heterocycles. The summed E-state index contributed by atoms with van der Waals surface area (Å²) in [5.74, 6) is -0.488. The fourth-order valence-electron chi connectivity index (χ4n) is 1.16. The molecule has 68 valence electrons. The third-order valence-corrected chi connectivity index (χ3v) is 2.65. The first-order chi connectivity index (χ1) is 6.25. The number of alkyl carbamates (subject to hydrolysis) is 1. The fourth-order valence-corrected chi connectivity index (χ4v) is 1.91. The number of thiophene rings is 1. The van der Waals surface area contributed by atoms with Crippen molar-refractivity contribution in [2.24, 2.45) is 0 Å². The highest BCUT2D eigenvalue weighted by atomic mass is 32.1. The van der Waals surface area contributed by atoms with Crippen LogP contribution >= 0.6 is 11.3 Å². The van der Waals surface area contributed by atoms with Gasteiger partial charge < -0.3 is 10.1 Å². The Morgan fingerprint density at radius 2 is 2.38 bits per heavy atom. The second kappa shape index (κ2) is 3.18. The summed E-state index contributed by atoms with van der Waals surface area (Å²) in [7, 11) is 0. The standard InChI is InChI=1S/C8H7NO3S/c10-7-6(9-8(11)12-7)4-5-2-1-3-13-5/h1-3,6H,4H2,(H,9,11)/t6-/m1/s1. The lowest BCUT2D eigenvalue weighted by atomic mass is 10.2. The largest absolute Gasteiger partial charge is 0.415 e. The van der Waals surface area contributed by atoms with Crippen molar-refractivity contribution in [3.63, 3.8) is 0 Å². The molecule has 1 amide bonds. The van der Waals surface area contributed by atoms with E-state index in [0.717, 1.165) is 4.88 Å². The van der Waals surface area contributed by atoms with Crippen LogP contribution in [0.2, 0.25) is 0 Å². The Bertz CT molecular complexity index is 333. The molecule has 1 aromatic heterocycles. The number of nitrogens with one attached hydrogen (secondary N) is 1. The molecule has 1 aliphatic rings. The predicted octanol–water partition coefficient (Wildman–Crippen LogP) is 0.926. The first-order valence-corrected chi connectivity index (χ1v) is 4.68. The summed E-state index contributed by atoms with van der Waals surface area (Å²) < 4.78 is 4.34. The van der Waals surface area contributed by atoms with Gasteiger partial charge in [0, 0.05) is 11.3 Å². The van der Waals surface area contributed by atoms with Gasteiger partial charge in [0.1, 0.15) is 6.04 Å². The Balaban J connectivity index is 2.03. The maximum Gasteiger partial charge on any atom is 0.415 e. The number of hydrogen-bond acceptors (Lipinski definition) is 4. The molecule has 0 unspecified atom stereocenters. The molecule has 13 heavy (non-hydrogen) atoms. The smallest absolute Gasteiger partial charge is 0.375 e. The normalized spacial score (nSPS) is 21.4. The topological polar surface area (TPSA) is 55.4 Å². The van der Waals surface area contributed by atoms with Crippen molar-refractivity contribution in [3.05, 3.63) is 22.4 Å². The average Bonchev–Trinajstić information content (AvgIpc) is 2.63. The molecule has 0 bridgehead atoms. The summed E-state index contributed by atoms with van der Waals surface area (Å²) >= 11 is 1.55. The number of hydrogen-bond donors (Lipinski definition) is 1. The SMILES string of the molecule is O=C1N[C@H](Cc2cccs2)C(=O)O1. The van der Waals surface area contributed by atoms with Gasteiger partial charge >= 0.3 is 12.1 Å². The van der Waals surface area contributed by atoms with Crippen LogP contribution in [0.3, 0.4) is 0 Å². The Morgan fingerprint density at radius 1 is 1.54 bits per heavy atom. The lowest BCUT2D eigenvalue weighted by Crippen LogP contribution is -2.30. The minimum atomic E-state index is -0.647. The number of carbonyl (C=O) groups is 2. The van der Waals surface area contributed by atoms with Crippen LogP contribution in [0.1, 0.15) is 4.88 Å². The van der Waals surface area contributed by atoms with Crippen molar-refractivity contribution >= 4 is 23.4 Å². The van der Waals surface area contributed by atoms with Crippen molar-refractivity contribution in [2.75, 3.05) is 0 Å². The maximum absolute atomic E-state index is 11.0. The molecule has 5 heteroatoms. The van der Waals surface area contributed by atoms with E-state index in [-0.39, 0.29) is 0 Å². The third kappa shape index (κ3) is 1.70. The molecule has 0 saturated carbocycles. The van der Waals surface area contributed by atoms with Gasteiger partial charge in [-0.1, -0.05) is 6.07 Å². The van der Waals surface area contributed by atoms with E-state index in [1.165, 1.54) is 0 Å². The van der Waals surface area contributed by atoms with Gasteiger partial charge in [0.25, 0.3) is 0 Å². The maximum atomic E-state index is 11.0. The van der Waals surface area contributed by atoms with Crippen LogP contribution in [-0.4, -0.2) is 18.1 Å². The minimum absolute atomic E-state index is 0.488. The van der Waals surface area contributed by atoms with E-state index in [1.54, 1.807) is 11.3 Å². The Hall–Kier alpha value is -1.36. The lowest BCUT2D eigenvalue weighted by Gasteiger charge is -2.01. The average molecular weight is 197 g/mol. The molecule has 0 aromatic carbocycles. The zero-order valence-corrected chi connectivity index (χ0v) is 7.47. The van der Waals surface area contributed by atoms with Crippen LogP contribution in [0.25, 0.3) is 0 Å². The molecule has 1 aromatic rings. The van der Waals surface area contributed by atoms with Crippen LogP contribution in [-0.2, 0) is 16.0 Å². The van der Waals surface area contributed by atoms with Crippen LogP contribution in [0.15, 0.2) is 17.5 Å². The van der Waals surface area contributed by atoms with E-state index in [4.69, 9.17) is 0 Å². The number of ether oxygens (including phenoxy) is 1. The minimum Gasteiger partial charge on any atom is -0.375 e. The molecule has 4 nitrogen and oxygen atoms in total. The van der Waals surface area contributed by atoms with Gasteiger partial charge in [-0.2, -0.15) is 0 Å². The number of carbonyl (C=O) groups excluding carboxylic acids is 2. The van der Waals surface area contributed by atoms with Gasteiger partial charge in [0.05, 0.1) is 0 Å².